The number of amides is 1. The summed E-state index contributed by atoms with van der Waals surface area (Å²) in [4.78, 5) is 14.5. The van der Waals surface area contributed by atoms with Gasteiger partial charge in [-0.25, -0.2) is 0 Å². The van der Waals surface area contributed by atoms with Crippen molar-refractivity contribution < 1.29 is 9.53 Å². The van der Waals surface area contributed by atoms with Crippen LogP contribution >= 0.6 is 0 Å². The van der Waals surface area contributed by atoms with E-state index in [1.165, 1.54) is 11.1 Å². The molecule has 0 radical (unpaired) electrons. The molecule has 2 aliphatic heterocycles. The highest BCUT2D eigenvalue weighted by Gasteiger charge is 2.41. The summed E-state index contributed by atoms with van der Waals surface area (Å²) in [6.07, 6.45) is 0.904. The van der Waals surface area contributed by atoms with Crippen molar-refractivity contribution in [3.05, 3.63) is 65.2 Å². The van der Waals surface area contributed by atoms with Crippen molar-refractivity contribution in [1.82, 2.24) is 10.2 Å². The summed E-state index contributed by atoms with van der Waals surface area (Å²) < 4.78 is 6.02. The number of nitrogens with zero attached hydrogens (tertiary/aromatic N) is 1. The van der Waals surface area contributed by atoms with E-state index in [1.807, 2.05) is 24.3 Å². The number of carbonyl (C=O) groups excluding carboxylic acids is 1. The van der Waals surface area contributed by atoms with Crippen molar-refractivity contribution in [3.63, 3.8) is 0 Å². The molecule has 0 aliphatic carbocycles. The summed E-state index contributed by atoms with van der Waals surface area (Å²) in [5, 5.41) is 2.79. The molecule has 1 amide bonds. The molecular formula is C19H20N2O2. The second-order valence-electron chi connectivity index (χ2n) is 6.08. The van der Waals surface area contributed by atoms with Crippen LogP contribution in [0.4, 0.5) is 0 Å². The number of fused-ring (bicyclic) bond motifs is 2. The Morgan fingerprint density at radius 3 is 2.61 bits per heavy atom. The van der Waals surface area contributed by atoms with Crippen molar-refractivity contribution in [3.8, 4) is 5.75 Å². The molecular weight excluding hydrogens is 288 g/mol. The molecule has 1 fully saturated rings. The van der Waals surface area contributed by atoms with Gasteiger partial charge in [-0.1, -0.05) is 42.5 Å². The molecule has 1 saturated heterocycles. The zero-order chi connectivity index (χ0) is 15.8. The van der Waals surface area contributed by atoms with Crippen LogP contribution in [-0.4, -0.2) is 30.4 Å². The molecule has 2 aromatic rings. The number of hydrogen-bond donors (Lipinski definition) is 1. The van der Waals surface area contributed by atoms with Gasteiger partial charge in [0.15, 0.2) is 0 Å². The number of ether oxygens (including phenoxy) is 1. The molecule has 118 valence electrons. The number of carbonyl (C=O) groups is 1. The van der Waals surface area contributed by atoms with Gasteiger partial charge in [-0.2, -0.15) is 0 Å². The average Bonchev–Trinajstić information content (AvgIpc) is 2.72. The minimum atomic E-state index is -0.0655. The first kappa shape index (κ1) is 14.3. The fourth-order valence-corrected chi connectivity index (χ4v) is 3.62. The fourth-order valence-electron chi connectivity index (χ4n) is 3.62. The molecule has 0 bridgehead atoms. The SMILES string of the molecule is CNC(=O)C1CCN1C1c2ccccc2COc2ccccc21. The van der Waals surface area contributed by atoms with Crippen LogP contribution in [0.1, 0.15) is 29.2 Å². The van der Waals surface area contributed by atoms with Gasteiger partial charge in [-0.3, -0.25) is 9.69 Å². The van der Waals surface area contributed by atoms with Gasteiger partial charge in [0.1, 0.15) is 12.4 Å². The Labute approximate surface area is 136 Å². The van der Waals surface area contributed by atoms with Gasteiger partial charge in [0.05, 0.1) is 12.1 Å². The lowest BCUT2D eigenvalue weighted by molar-refractivity contribution is -0.131. The summed E-state index contributed by atoms with van der Waals surface area (Å²) in [6.45, 7) is 1.49. The summed E-state index contributed by atoms with van der Waals surface area (Å²) in [5.74, 6) is 1.01. The molecule has 0 spiro atoms. The lowest BCUT2D eigenvalue weighted by Crippen LogP contribution is -2.56. The van der Waals surface area contributed by atoms with Crippen LogP contribution in [0.25, 0.3) is 0 Å². The Morgan fingerprint density at radius 2 is 1.87 bits per heavy atom. The van der Waals surface area contributed by atoms with Gasteiger partial charge in [0.2, 0.25) is 5.91 Å². The summed E-state index contributed by atoms with van der Waals surface area (Å²) >= 11 is 0. The van der Waals surface area contributed by atoms with Gasteiger partial charge < -0.3 is 10.1 Å². The van der Waals surface area contributed by atoms with Crippen LogP contribution in [-0.2, 0) is 11.4 Å². The number of nitrogens with one attached hydrogen (secondary N) is 1. The Balaban J connectivity index is 1.82. The van der Waals surface area contributed by atoms with E-state index in [9.17, 15) is 4.79 Å². The molecule has 2 aliphatic rings. The lowest BCUT2D eigenvalue weighted by atomic mass is 9.88. The van der Waals surface area contributed by atoms with E-state index in [4.69, 9.17) is 4.74 Å². The maximum Gasteiger partial charge on any atom is 0.237 e. The Bertz CT molecular complexity index is 696. The van der Waals surface area contributed by atoms with Gasteiger partial charge in [0, 0.05) is 19.2 Å². The minimum Gasteiger partial charge on any atom is -0.489 e. The van der Waals surface area contributed by atoms with E-state index in [0.29, 0.717) is 6.61 Å². The van der Waals surface area contributed by atoms with E-state index in [-0.39, 0.29) is 18.0 Å². The summed E-state index contributed by atoms with van der Waals surface area (Å²) in [5.41, 5.74) is 3.58. The summed E-state index contributed by atoms with van der Waals surface area (Å²) in [6, 6.07) is 16.6. The Morgan fingerprint density at radius 1 is 1.13 bits per heavy atom. The predicted octanol–water partition coefficient (Wildman–Crippen LogP) is 2.49. The van der Waals surface area contributed by atoms with Crippen LogP contribution in [0.15, 0.2) is 48.5 Å². The van der Waals surface area contributed by atoms with E-state index in [0.717, 1.165) is 24.3 Å². The highest BCUT2D eigenvalue weighted by atomic mass is 16.5. The second-order valence-corrected chi connectivity index (χ2v) is 6.08. The third kappa shape index (κ3) is 2.30. The van der Waals surface area contributed by atoms with E-state index in [1.54, 1.807) is 7.05 Å². The zero-order valence-electron chi connectivity index (χ0n) is 13.2. The molecule has 4 heteroatoms. The first-order valence-electron chi connectivity index (χ1n) is 8.06. The highest BCUT2D eigenvalue weighted by Crippen LogP contribution is 2.42. The molecule has 0 saturated carbocycles. The maximum atomic E-state index is 12.2. The highest BCUT2D eigenvalue weighted by molar-refractivity contribution is 5.82. The first-order chi connectivity index (χ1) is 11.3. The molecule has 0 aromatic heterocycles. The van der Waals surface area contributed by atoms with Crippen LogP contribution in [0.2, 0.25) is 0 Å². The van der Waals surface area contributed by atoms with Crippen molar-refractivity contribution >= 4 is 5.91 Å². The van der Waals surface area contributed by atoms with Crippen LogP contribution in [0.5, 0.6) is 5.75 Å². The molecule has 2 heterocycles. The van der Waals surface area contributed by atoms with Gasteiger partial charge >= 0.3 is 0 Å². The number of likely N-dealkylation sites (N-methyl/N-ethyl adjacent to an activating group) is 1. The number of hydrogen-bond acceptors (Lipinski definition) is 3. The molecule has 4 nitrogen and oxygen atoms in total. The second kappa shape index (κ2) is 5.70. The fraction of sp³-hybridized carbons (Fsp3) is 0.316. The monoisotopic (exact) mass is 308 g/mol. The van der Waals surface area contributed by atoms with Crippen LogP contribution in [0, 0.1) is 0 Å². The predicted molar refractivity (Wildman–Crippen MR) is 88.2 cm³/mol. The van der Waals surface area contributed by atoms with Crippen molar-refractivity contribution in [2.45, 2.75) is 25.1 Å². The number of benzene rings is 2. The third-order valence-corrected chi connectivity index (χ3v) is 4.89. The molecule has 1 N–H and O–H groups in total. The van der Waals surface area contributed by atoms with E-state index < -0.39 is 0 Å². The van der Waals surface area contributed by atoms with Crippen LogP contribution in [0.3, 0.4) is 0 Å². The normalized spacial score (nSPS) is 22.8. The topological polar surface area (TPSA) is 41.6 Å². The number of rotatable bonds is 2. The Kier molecular flexibility index (Phi) is 3.54. The van der Waals surface area contributed by atoms with Crippen LogP contribution < -0.4 is 10.1 Å². The minimum absolute atomic E-state index is 0.0655. The zero-order valence-corrected chi connectivity index (χ0v) is 13.2. The molecule has 4 rings (SSSR count). The quantitative estimate of drug-likeness (QED) is 0.927. The van der Waals surface area contributed by atoms with Crippen molar-refractivity contribution in [1.29, 1.82) is 0 Å². The molecule has 2 atom stereocenters. The number of para-hydroxylation sites is 1. The van der Waals surface area contributed by atoms with Gasteiger partial charge in [-0.15, -0.1) is 0 Å². The van der Waals surface area contributed by atoms with Crippen molar-refractivity contribution in [2.75, 3.05) is 13.6 Å². The summed E-state index contributed by atoms with van der Waals surface area (Å²) in [7, 11) is 1.71. The first-order valence-corrected chi connectivity index (χ1v) is 8.06. The molecule has 23 heavy (non-hydrogen) atoms. The number of likely N-dealkylation sites (tertiary alicyclic amines) is 1. The third-order valence-electron chi connectivity index (χ3n) is 4.89. The Hall–Kier alpha value is -2.33. The average molecular weight is 308 g/mol. The molecule has 2 aromatic carbocycles. The van der Waals surface area contributed by atoms with E-state index >= 15 is 0 Å². The largest absolute Gasteiger partial charge is 0.489 e. The van der Waals surface area contributed by atoms with Gasteiger partial charge in [0.25, 0.3) is 0 Å². The lowest BCUT2D eigenvalue weighted by Gasteiger charge is -2.45. The van der Waals surface area contributed by atoms with E-state index in [2.05, 4.69) is 34.5 Å². The smallest absolute Gasteiger partial charge is 0.237 e. The molecule has 2 unspecified atom stereocenters. The maximum absolute atomic E-state index is 12.2. The standard InChI is InChI=1S/C19H20N2O2/c1-20-19(22)16-10-11-21(16)18-14-7-3-2-6-13(14)12-23-17-9-5-4-8-15(17)18/h2-9,16,18H,10-12H2,1H3,(H,20,22). The van der Waals surface area contributed by atoms with Gasteiger partial charge in [-0.05, 0) is 23.6 Å². The van der Waals surface area contributed by atoms with Crippen molar-refractivity contribution in [2.24, 2.45) is 0 Å².